The van der Waals surface area contributed by atoms with Crippen LogP contribution in [0.5, 0.6) is 17.2 Å². The van der Waals surface area contributed by atoms with Gasteiger partial charge in [-0.2, -0.15) is 4.98 Å². The van der Waals surface area contributed by atoms with E-state index in [4.69, 9.17) is 34.8 Å². The number of nitrogens with zero attached hydrogens (tertiary/aromatic N) is 3. The molecule has 37 heavy (non-hydrogen) atoms. The summed E-state index contributed by atoms with van der Waals surface area (Å²) in [4.78, 5) is 35.0. The summed E-state index contributed by atoms with van der Waals surface area (Å²) < 4.78 is 27.1. The number of aromatic nitrogens is 2. The number of carbonyl (C=O) groups is 2. The number of ketones is 2. The predicted octanol–water partition coefficient (Wildman–Crippen LogP) is 4.05. The SMILES string of the molecule is COc1cc(OC)c2c(c1Cl)O[C@]1(C2=O)C(O)=C(C=NCCc2nc(-c3ccco3)no2)C(=O)C[C@H]1C. The van der Waals surface area contributed by atoms with Gasteiger partial charge in [0.15, 0.2) is 23.1 Å². The van der Waals surface area contributed by atoms with E-state index < -0.39 is 23.1 Å². The van der Waals surface area contributed by atoms with Crippen molar-refractivity contribution in [2.75, 3.05) is 20.8 Å². The Hall–Kier alpha value is -4.12. The highest BCUT2D eigenvalue weighted by atomic mass is 35.5. The molecule has 2 aromatic heterocycles. The Kier molecular flexibility index (Phi) is 6.24. The summed E-state index contributed by atoms with van der Waals surface area (Å²) >= 11 is 6.43. The summed E-state index contributed by atoms with van der Waals surface area (Å²) in [7, 11) is 2.81. The summed E-state index contributed by atoms with van der Waals surface area (Å²) in [6, 6.07) is 4.89. The van der Waals surface area contributed by atoms with Crippen LogP contribution in [0, 0.1) is 5.92 Å². The first-order chi connectivity index (χ1) is 17.8. The van der Waals surface area contributed by atoms with Crippen LogP contribution in [0.25, 0.3) is 11.6 Å². The number of aliphatic hydroxyl groups excluding tert-OH is 1. The first-order valence-corrected chi connectivity index (χ1v) is 11.7. The van der Waals surface area contributed by atoms with Crippen LogP contribution in [-0.4, -0.2) is 59.4 Å². The minimum Gasteiger partial charge on any atom is -0.507 e. The Bertz CT molecular complexity index is 1440. The standard InChI is InChI=1S/C25H22ClN3O8/c1-12-9-14(30)13(11-27-7-6-18-28-24(29-37-18)15-5-4-8-35-15)22(31)25(12)23(32)19-16(33-2)10-17(34-3)20(26)21(19)36-25/h4-5,8,10-12,31H,6-7,9H2,1-3H3/t12-,25+/m1/s1. The molecule has 2 atom stereocenters. The lowest BCUT2D eigenvalue weighted by Crippen LogP contribution is -2.52. The van der Waals surface area contributed by atoms with Crippen LogP contribution in [0.4, 0.5) is 0 Å². The minimum atomic E-state index is -1.86. The van der Waals surface area contributed by atoms with Crippen LogP contribution < -0.4 is 14.2 Å². The molecule has 0 saturated heterocycles. The van der Waals surface area contributed by atoms with Crippen molar-refractivity contribution in [3.05, 3.63) is 52.3 Å². The number of halogens is 1. The molecule has 1 aliphatic carbocycles. The molecule has 1 spiro atoms. The Morgan fingerprint density at radius 2 is 2.08 bits per heavy atom. The number of allylic oxidation sites excluding steroid dienone is 1. The number of Topliss-reactive ketones (excluding diaryl/α,β-unsaturated/α-hetero) is 2. The van der Waals surface area contributed by atoms with Crippen LogP contribution in [0.2, 0.25) is 5.02 Å². The lowest BCUT2D eigenvalue weighted by Gasteiger charge is -2.36. The average molecular weight is 528 g/mol. The number of hydrogen-bond acceptors (Lipinski definition) is 11. The van der Waals surface area contributed by atoms with Gasteiger partial charge in [0.25, 0.3) is 0 Å². The number of methoxy groups -OCH3 is 2. The number of carbonyl (C=O) groups excluding carboxylic acids is 2. The number of fused-ring (bicyclic) bond motifs is 1. The van der Waals surface area contributed by atoms with Crippen LogP contribution in [0.15, 0.2) is 49.7 Å². The third kappa shape index (κ3) is 3.86. The second kappa shape index (κ2) is 9.40. The molecule has 0 radical (unpaired) electrons. The zero-order valence-electron chi connectivity index (χ0n) is 20.1. The van der Waals surface area contributed by atoms with E-state index in [-0.39, 0.29) is 58.6 Å². The molecule has 0 amide bonds. The van der Waals surface area contributed by atoms with Gasteiger partial charge in [-0.1, -0.05) is 23.7 Å². The molecular formula is C25H22ClN3O8. The summed E-state index contributed by atoms with van der Waals surface area (Å²) in [5, 5.41) is 15.2. The first-order valence-electron chi connectivity index (χ1n) is 11.3. The third-order valence-electron chi connectivity index (χ3n) is 6.40. The molecule has 0 saturated carbocycles. The van der Waals surface area contributed by atoms with Gasteiger partial charge in [-0.25, -0.2) is 0 Å². The van der Waals surface area contributed by atoms with E-state index in [0.29, 0.717) is 17.5 Å². The van der Waals surface area contributed by atoms with Gasteiger partial charge in [0.1, 0.15) is 22.1 Å². The maximum Gasteiger partial charge on any atom is 0.238 e. The normalized spacial score (nSPS) is 21.1. The van der Waals surface area contributed by atoms with Gasteiger partial charge in [0, 0.05) is 37.6 Å². The van der Waals surface area contributed by atoms with Crippen LogP contribution in [0.3, 0.4) is 0 Å². The monoisotopic (exact) mass is 527 g/mol. The summed E-state index contributed by atoms with van der Waals surface area (Å²) in [6.07, 6.45) is 2.95. The molecule has 12 heteroatoms. The van der Waals surface area contributed by atoms with Gasteiger partial charge < -0.3 is 28.3 Å². The van der Waals surface area contributed by atoms with E-state index >= 15 is 0 Å². The fourth-order valence-corrected chi connectivity index (χ4v) is 4.76. The number of aliphatic imine (C=N–C) groups is 1. The Morgan fingerprint density at radius 1 is 1.30 bits per heavy atom. The van der Waals surface area contributed by atoms with Crippen molar-refractivity contribution in [2.24, 2.45) is 10.9 Å². The third-order valence-corrected chi connectivity index (χ3v) is 6.75. The predicted molar refractivity (Wildman–Crippen MR) is 130 cm³/mol. The second-order valence-corrected chi connectivity index (χ2v) is 8.91. The van der Waals surface area contributed by atoms with Crippen molar-refractivity contribution in [3.63, 3.8) is 0 Å². The molecule has 5 rings (SSSR count). The molecule has 1 N–H and O–H groups in total. The second-order valence-electron chi connectivity index (χ2n) is 8.53. The summed E-state index contributed by atoms with van der Waals surface area (Å²) in [5.74, 6) is -0.621. The molecule has 0 unspecified atom stereocenters. The fourth-order valence-electron chi connectivity index (χ4n) is 4.49. The van der Waals surface area contributed by atoms with E-state index in [9.17, 15) is 14.7 Å². The van der Waals surface area contributed by atoms with Gasteiger partial charge in [0.2, 0.25) is 23.1 Å². The van der Waals surface area contributed by atoms with E-state index in [1.165, 1.54) is 32.8 Å². The smallest absolute Gasteiger partial charge is 0.238 e. The van der Waals surface area contributed by atoms with Crippen molar-refractivity contribution >= 4 is 29.4 Å². The highest BCUT2D eigenvalue weighted by Gasteiger charge is 2.60. The maximum absolute atomic E-state index is 13.7. The summed E-state index contributed by atoms with van der Waals surface area (Å²) in [6.45, 7) is 1.83. The van der Waals surface area contributed by atoms with Crippen molar-refractivity contribution in [3.8, 4) is 28.8 Å². The average Bonchev–Trinajstić information content (AvgIpc) is 3.63. The Balaban J connectivity index is 1.42. The zero-order chi connectivity index (χ0) is 26.3. The molecular weight excluding hydrogens is 506 g/mol. The number of hydrogen-bond donors (Lipinski definition) is 1. The van der Waals surface area contributed by atoms with E-state index in [1.807, 2.05) is 0 Å². The van der Waals surface area contributed by atoms with Crippen LogP contribution in [0.1, 0.15) is 29.6 Å². The molecule has 0 fully saturated rings. The van der Waals surface area contributed by atoms with Crippen molar-refractivity contribution in [1.29, 1.82) is 0 Å². The molecule has 1 aromatic carbocycles. The van der Waals surface area contributed by atoms with Crippen molar-refractivity contribution < 1.29 is 37.8 Å². The number of ether oxygens (including phenoxy) is 3. The summed E-state index contributed by atoms with van der Waals surface area (Å²) in [5.41, 5.74) is -1.91. The fraction of sp³-hybridized carbons (Fsp3) is 0.320. The molecule has 11 nitrogen and oxygen atoms in total. The lowest BCUT2D eigenvalue weighted by atomic mass is 9.73. The Morgan fingerprint density at radius 3 is 2.78 bits per heavy atom. The quantitative estimate of drug-likeness (QED) is 0.446. The molecule has 0 bridgehead atoms. The van der Waals surface area contributed by atoms with Crippen molar-refractivity contribution in [1.82, 2.24) is 10.1 Å². The number of rotatable bonds is 7. The number of benzene rings is 1. The molecule has 3 aromatic rings. The van der Waals surface area contributed by atoms with Crippen LogP contribution in [-0.2, 0) is 11.2 Å². The van der Waals surface area contributed by atoms with Gasteiger partial charge >= 0.3 is 0 Å². The minimum absolute atomic E-state index is 0.0238. The topological polar surface area (TPSA) is 146 Å². The van der Waals surface area contributed by atoms with Crippen molar-refractivity contribution in [2.45, 2.75) is 25.4 Å². The highest BCUT2D eigenvalue weighted by Crippen LogP contribution is 2.54. The molecule has 192 valence electrons. The lowest BCUT2D eigenvalue weighted by molar-refractivity contribution is -0.118. The molecule has 3 heterocycles. The largest absolute Gasteiger partial charge is 0.507 e. The van der Waals surface area contributed by atoms with E-state index in [0.717, 1.165) is 0 Å². The highest BCUT2D eigenvalue weighted by molar-refractivity contribution is 6.35. The number of furan rings is 1. The number of aliphatic hydroxyl groups is 1. The zero-order valence-corrected chi connectivity index (χ0v) is 20.9. The molecule has 1 aliphatic heterocycles. The van der Waals surface area contributed by atoms with Gasteiger partial charge in [-0.05, 0) is 12.1 Å². The maximum atomic E-state index is 13.7. The van der Waals surface area contributed by atoms with E-state index in [1.54, 1.807) is 19.1 Å². The van der Waals surface area contributed by atoms with Gasteiger partial charge in [-0.3, -0.25) is 14.6 Å². The van der Waals surface area contributed by atoms with Crippen LogP contribution >= 0.6 is 11.6 Å². The molecule has 2 aliphatic rings. The van der Waals surface area contributed by atoms with E-state index in [2.05, 4.69) is 15.1 Å². The Labute approximate surface area is 215 Å². The first kappa shape index (κ1) is 24.6. The van der Waals surface area contributed by atoms with Gasteiger partial charge in [-0.15, -0.1) is 0 Å². The van der Waals surface area contributed by atoms with Gasteiger partial charge in [0.05, 0.1) is 26.1 Å².